The number of amides is 1. The van der Waals surface area contributed by atoms with Gasteiger partial charge in [0.05, 0.1) is 19.6 Å². The molecule has 1 fully saturated rings. The van der Waals surface area contributed by atoms with E-state index in [1.54, 1.807) is 0 Å². The number of hydrogen-bond acceptors (Lipinski definition) is 14. The molecule has 0 aliphatic carbocycles. The van der Waals surface area contributed by atoms with Gasteiger partial charge in [-0.15, -0.1) is 0 Å². The standard InChI is InChI=1S/C22H31NO14/c1-10(24)23-18-16(33-12(3)26)8-22(21(30)31-7,36-15(6)29)37-20(18)19(35-14(5)28)17(34-13(4)27)9-32-11(2)25/h16-20H,8-9H2,1-7H3,(H,23,24)/t16-,17-,18+,19+,20+,22-/m0/s1. The summed E-state index contributed by atoms with van der Waals surface area (Å²) in [5, 5.41) is 2.49. The van der Waals surface area contributed by atoms with Crippen molar-refractivity contribution >= 4 is 41.7 Å². The number of nitrogens with one attached hydrogen (secondary N) is 1. The van der Waals surface area contributed by atoms with Crippen LogP contribution in [0, 0.1) is 0 Å². The van der Waals surface area contributed by atoms with Crippen molar-refractivity contribution in [2.24, 2.45) is 0 Å². The van der Waals surface area contributed by atoms with E-state index in [4.69, 9.17) is 33.2 Å². The van der Waals surface area contributed by atoms with Gasteiger partial charge < -0.3 is 38.5 Å². The molecule has 1 N–H and O–H groups in total. The third-order valence-corrected chi connectivity index (χ3v) is 4.80. The Morgan fingerprint density at radius 2 is 1.46 bits per heavy atom. The zero-order chi connectivity index (χ0) is 28.5. The van der Waals surface area contributed by atoms with Crippen LogP contribution in [0.15, 0.2) is 0 Å². The Morgan fingerprint density at radius 3 is 1.89 bits per heavy atom. The van der Waals surface area contributed by atoms with E-state index in [2.05, 4.69) is 5.32 Å². The minimum Gasteiger partial charge on any atom is -0.464 e. The fourth-order valence-electron chi connectivity index (χ4n) is 3.74. The smallest absolute Gasteiger partial charge is 0.379 e. The highest BCUT2D eigenvalue weighted by Crippen LogP contribution is 2.37. The Morgan fingerprint density at radius 1 is 0.865 bits per heavy atom. The van der Waals surface area contributed by atoms with Crippen LogP contribution in [0.3, 0.4) is 0 Å². The maximum absolute atomic E-state index is 12.8. The Bertz CT molecular complexity index is 917. The van der Waals surface area contributed by atoms with Crippen molar-refractivity contribution in [3.63, 3.8) is 0 Å². The molecular formula is C22H31NO14. The summed E-state index contributed by atoms with van der Waals surface area (Å²) in [4.78, 5) is 84.1. The van der Waals surface area contributed by atoms with Crippen molar-refractivity contribution < 1.29 is 66.7 Å². The Kier molecular flexibility index (Phi) is 11.4. The van der Waals surface area contributed by atoms with Crippen molar-refractivity contribution in [3.8, 4) is 0 Å². The molecule has 0 bridgehead atoms. The lowest BCUT2D eigenvalue weighted by Crippen LogP contribution is -2.69. The van der Waals surface area contributed by atoms with Crippen molar-refractivity contribution in [3.05, 3.63) is 0 Å². The van der Waals surface area contributed by atoms with Crippen LogP contribution in [0.25, 0.3) is 0 Å². The van der Waals surface area contributed by atoms with Crippen LogP contribution in [0.4, 0.5) is 0 Å². The molecule has 1 saturated heterocycles. The summed E-state index contributed by atoms with van der Waals surface area (Å²) in [5.74, 6) is -8.84. The van der Waals surface area contributed by atoms with Gasteiger partial charge >= 0.3 is 41.6 Å². The predicted molar refractivity (Wildman–Crippen MR) is 117 cm³/mol. The molecule has 0 aromatic carbocycles. The van der Waals surface area contributed by atoms with Gasteiger partial charge in [-0.3, -0.25) is 28.8 Å². The Balaban J connectivity index is 3.83. The van der Waals surface area contributed by atoms with Crippen molar-refractivity contribution in [1.82, 2.24) is 5.32 Å². The number of rotatable bonds is 10. The van der Waals surface area contributed by atoms with E-state index in [0.29, 0.717) is 0 Å². The van der Waals surface area contributed by atoms with Gasteiger partial charge in [-0.2, -0.15) is 0 Å². The fourth-order valence-corrected chi connectivity index (χ4v) is 3.74. The molecule has 1 aliphatic heterocycles. The summed E-state index contributed by atoms with van der Waals surface area (Å²) in [6.45, 7) is 5.60. The second-order valence-electron chi connectivity index (χ2n) is 8.02. The third kappa shape index (κ3) is 9.33. The van der Waals surface area contributed by atoms with E-state index < -0.39 is 91.0 Å². The molecule has 1 rings (SSSR count). The lowest BCUT2D eigenvalue weighted by atomic mass is 9.88. The maximum Gasteiger partial charge on any atom is 0.379 e. The molecule has 0 saturated carbocycles. The van der Waals surface area contributed by atoms with Crippen LogP contribution in [0.1, 0.15) is 48.0 Å². The van der Waals surface area contributed by atoms with Gasteiger partial charge in [0.1, 0.15) is 18.8 Å². The van der Waals surface area contributed by atoms with Crippen LogP contribution in [0.2, 0.25) is 0 Å². The normalized spacial score (nSPS) is 24.4. The first-order chi connectivity index (χ1) is 17.1. The first kappa shape index (κ1) is 31.3. The van der Waals surface area contributed by atoms with E-state index in [1.807, 2.05) is 0 Å². The Hall–Kier alpha value is -3.75. The topological polar surface area (TPSA) is 196 Å². The molecule has 208 valence electrons. The summed E-state index contributed by atoms with van der Waals surface area (Å²) in [5.41, 5.74) is 0. The molecular weight excluding hydrogens is 502 g/mol. The largest absolute Gasteiger partial charge is 0.464 e. The van der Waals surface area contributed by atoms with Crippen LogP contribution in [-0.4, -0.2) is 91.7 Å². The quantitative estimate of drug-likeness (QED) is 0.267. The van der Waals surface area contributed by atoms with E-state index in [0.717, 1.165) is 48.7 Å². The summed E-state index contributed by atoms with van der Waals surface area (Å²) >= 11 is 0. The number of ether oxygens (including phenoxy) is 7. The van der Waals surface area contributed by atoms with E-state index in [9.17, 15) is 33.6 Å². The highest BCUT2D eigenvalue weighted by molar-refractivity contribution is 5.82. The highest BCUT2D eigenvalue weighted by Gasteiger charge is 2.60. The zero-order valence-electron chi connectivity index (χ0n) is 21.5. The Labute approximate surface area is 212 Å². The second kappa shape index (κ2) is 13.5. The first-order valence-corrected chi connectivity index (χ1v) is 11.0. The monoisotopic (exact) mass is 533 g/mol. The average molecular weight is 533 g/mol. The highest BCUT2D eigenvalue weighted by atomic mass is 16.8. The molecule has 0 unspecified atom stereocenters. The molecule has 1 aliphatic rings. The van der Waals surface area contributed by atoms with Crippen molar-refractivity contribution in [2.75, 3.05) is 13.7 Å². The van der Waals surface area contributed by atoms with E-state index in [1.165, 1.54) is 0 Å². The summed E-state index contributed by atoms with van der Waals surface area (Å²) in [6.07, 6.45) is -6.98. The third-order valence-electron chi connectivity index (χ3n) is 4.80. The summed E-state index contributed by atoms with van der Waals surface area (Å²) in [6, 6.07) is -1.35. The minimum atomic E-state index is -2.54. The van der Waals surface area contributed by atoms with Gasteiger partial charge in [-0.1, -0.05) is 0 Å². The summed E-state index contributed by atoms with van der Waals surface area (Å²) in [7, 11) is 0.971. The van der Waals surface area contributed by atoms with Crippen LogP contribution < -0.4 is 5.32 Å². The molecule has 0 aromatic heterocycles. The molecule has 0 aromatic rings. The zero-order valence-corrected chi connectivity index (χ0v) is 21.5. The predicted octanol–water partition coefficient (Wildman–Crippen LogP) is -0.929. The number of methoxy groups -OCH3 is 1. The first-order valence-electron chi connectivity index (χ1n) is 11.0. The molecule has 37 heavy (non-hydrogen) atoms. The van der Waals surface area contributed by atoms with E-state index >= 15 is 0 Å². The van der Waals surface area contributed by atoms with Crippen molar-refractivity contribution in [1.29, 1.82) is 0 Å². The average Bonchev–Trinajstić information content (AvgIpc) is 2.74. The van der Waals surface area contributed by atoms with Gasteiger partial charge in [-0.05, 0) is 0 Å². The minimum absolute atomic E-state index is 0.630. The number of carbonyl (C=O) groups excluding carboxylic acids is 7. The van der Waals surface area contributed by atoms with E-state index in [-0.39, 0.29) is 0 Å². The molecule has 15 nitrogen and oxygen atoms in total. The number of carbonyl (C=O) groups is 7. The summed E-state index contributed by atoms with van der Waals surface area (Å²) < 4.78 is 36.6. The molecule has 0 radical (unpaired) electrons. The van der Waals surface area contributed by atoms with Crippen LogP contribution in [0.5, 0.6) is 0 Å². The van der Waals surface area contributed by atoms with Crippen LogP contribution in [-0.2, 0) is 66.7 Å². The second-order valence-corrected chi connectivity index (χ2v) is 8.02. The molecule has 6 atom stereocenters. The lowest BCUT2D eigenvalue weighted by Gasteiger charge is -2.48. The number of esters is 6. The fraction of sp³-hybridized carbons (Fsp3) is 0.682. The molecule has 15 heteroatoms. The van der Waals surface area contributed by atoms with Gasteiger partial charge in [0.15, 0.2) is 12.2 Å². The SMILES string of the molecule is COC(=O)[C@]1(OC(C)=O)C[C@H](OC(C)=O)[C@@H](NC(C)=O)[C@H]([C@H](OC(C)=O)[C@H](COC(C)=O)OC(C)=O)O1. The van der Waals surface area contributed by atoms with Crippen LogP contribution >= 0.6 is 0 Å². The molecule has 0 spiro atoms. The van der Waals surface area contributed by atoms with Gasteiger partial charge in [0, 0.05) is 41.5 Å². The molecule has 1 amide bonds. The van der Waals surface area contributed by atoms with Gasteiger partial charge in [0.25, 0.3) is 0 Å². The molecule has 1 heterocycles. The maximum atomic E-state index is 12.8. The number of hydrogen-bond donors (Lipinski definition) is 1. The van der Waals surface area contributed by atoms with Gasteiger partial charge in [-0.25, -0.2) is 4.79 Å². The van der Waals surface area contributed by atoms with Gasteiger partial charge in [0.2, 0.25) is 5.91 Å². The van der Waals surface area contributed by atoms with Crippen molar-refractivity contribution in [2.45, 2.75) is 84.2 Å². The lowest BCUT2D eigenvalue weighted by molar-refractivity contribution is -0.304.